The van der Waals surface area contributed by atoms with E-state index in [4.69, 9.17) is 0 Å². The van der Waals surface area contributed by atoms with Crippen LogP contribution in [0.3, 0.4) is 0 Å². The number of fused-ring (bicyclic) bond motifs is 2. The highest BCUT2D eigenvalue weighted by molar-refractivity contribution is 7.90. The number of carbonyl (C=O) groups excluding carboxylic acids is 1. The van der Waals surface area contributed by atoms with Crippen molar-refractivity contribution in [3.05, 3.63) is 0 Å². The van der Waals surface area contributed by atoms with Crippen LogP contribution in [0.25, 0.3) is 0 Å². The maximum Gasteiger partial charge on any atom is 0.243 e. The summed E-state index contributed by atoms with van der Waals surface area (Å²) in [5.41, 5.74) is 0. The smallest absolute Gasteiger partial charge is 0.243 e. The molecule has 154 valence electrons. The van der Waals surface area contributed by atoms with Gasteiger partial charge in [-0.3, -0.25) is 4.79 Å². The fraction of sp³-hybridized carbons (Fsp3) is 0.889. The summed E-state index contributed by atoms with van der Waals surface area (Å²) in [7, 11) is 0.130. The van der Waals surface area contributed by atoms with Crippen molar-refractivity contribution in [2.75, 3.05) is 40.3 Å². The van der Waals surface area contributed by atoms with E-state index in [0.29, 0.717) is 44.0 Å². The molecule has 0 aromatic rings. The number of likely N-dealkylation sites (N-methyl/N-ethyl adjacent to an activating group) is 1. The second kappa shape index (κ2) is 8.34. The minimum Gasteiger partial charge on any atom is -0.353 e. The number of nitrogens with one attached hydrogen (secondary N) is 2. The monoisotopic (exact) mass is 399 g/mol. The van der Waals surface area contributed by atoms with Crippen molar-refractivity contribution in [1.82, 2.24) is 19.8 Å². The lowest BCUT2D eigenvalue weighted by Crippen LogP contribution is -2.48. The minimum atomic E-state index is -3.31. The molecule has 1 aliphatic heterocycles. The highest BCUT2D eigenvalue weighted by atomic mass is 32.2. The quantitative estimate of drug-likeness (QED) is 0.492. The van der Waals surface area contributed by atoms with E-state index < -0.39 is 15.3 Å². The number of rotatable bonds is 6. The molecule has 2 saturated carbocycles. The Balaban J connectivity index is 1.70. The van der Waals surface area contributed by atoms with Gasteiger partial charge in [-0.2, -0.15) is 0 Å². The number of likely N-dealkylation sites (tertiary alicyclic amines) is 1. The summed E-state index contributed by atoms with van der Waals surface area (Å²) >= 11 is 0. The van der Waals surface area contributed by atoms with Crippen molar-refractivity contribution in [3.63, 3.8) is 0 Å². The summed E-state index contributed by atoms with van der Waals surface area (Å²) in [6.45, 7) is 3.33. The fourth-order valence-corrected chi connectivity index (χ4v) is 6.03. The van der Waals surface area contributed by atoms with Crippen molar-refractivity contribution < 1.29 is 13.2 Å². The largest absolute Gasteiger partial charge is 0.353 e. The third-order valence-electron chi connectivity index (χ3n) is 6.14. The first-order valence-electron chi connectivity index (χ1n) is 10.0. The van der Waals surface area contributed by atoms with Gasteiger partial charge < -0.3 is 15.1 Å². The molecule has 4 atom stereocenters. The second-order valence-electron chi connectivity index (χ2n) is 8.25. The normalized spacial score (nSPS) is 30.8. The number of sulfonamides is 1. The number of amides is 1. The summed E-state index contributed by atoms with van der Waals surface area (Å²) in [6, 6.07) is 0.390. The molecule has 9 heteroatoms. The van der Waals surface area contributed by atoms with Crippen LogP contribution >= 0.6 is 0 Å². The first kappa shape index (κ1) is 20.4. The van der Waals surface area contributed by atoms with Gasteiger partial charge >= 0.3 is 0 Å². The molecule has 0 spiro atoms. The molecule has 1 saturated heterocycles. The van der Waals surface area contributed by atoms with Gasteiger partial charge in [-0.25, -0.2) is 18.1 Å². The Morgan fingerprint density at radius 3 is 2.59 bits per heavy atom. The maximum absolute atomic E-state index is 12.3. The molecule has 2 N–H and O–H groups in total. The van der Waals surface area contributed by atoms with E-state index in [2.05, 4.69) is 15.0 Å². The van der Waals surface area contributed by atoms with E-state index in [0.717, 1.165) is 12.3 Å². The standard InChI is InChI=1S/C18H33N5O3S/c1-4-20-27(25,26)15-7-8-23(12-15)18(19-11-17(24)22(2)3)21-16-10-13-5-6-14(16)9-13/h13-16,20H,4-12H2,1-3H3,(H,19,21). The summed E-state index contributed by atoms with van der Waals surface area (Å²) in [4.78, 5) is 20.1. The van der Waals surface area contributed by atoms with Gasteiger partial charge in [-0.05, 0) is 37.5 Å². The van der Waals surface area contributed by atoms with Crippen LogP contribution < -0.4 is 10.0 Å². The summed E-state index contributed by atoms with van der Waals surface area (Å²) in [6.07, 6.45) is 5.58. The Hall–Kier alpha value is -1.35. The Bertz CT molecular complexity index is 678. The van der Waals surface area contributed by atoms with Crippen molar-refractivity contribution >= 4 is 21.9 Å². The van der Waals surface area contributed by atoms with Gasteiger partial charge in [0.15, 0.2) is 5.96 Å². The summed E-state index contributed by atoms with van der Waals surface area (Å²) in [5.74, 6) is 2.11. The number of carbonyl (C=O) groups is 1. The van der Waals surface area contributed by atoms with E-state index in [1.807, 2.05) is 4.90 Å². The SMILES string of the molecule is CCNS(=O)(=O)C1CCN(C(=NCC(=O)N(C)C)NC2CC3CCC2C3)C1. The minimum absolute atomic E-state index is 0.0572. The molecule has 3 aliphatic rings. The molecule has 2 bridgehead atoms. The van der Waals surface area contributed by atoms with E-state index in [1.165, 1.54) is 24.2 Å². The Morgan fingerprint density at radius 2 is 2.00 bits per heavy atom. The van der Waals surface area contributed by atoms with Crippen LogP contribution in [0, 0.1) is 11.8 Å². The zero-order chi connectivity index (χ0) is 19.6. The number of hydrogen-bond donors (Lipinski definition) is 2. The molecule has 0 radical (unpaired) electrons. The van der Waals surface area contributed by atoms with E-state index in [1.54, 1.807) is 21.0 Å². The summed E-state index contributed by atoms with van der Waals surface area (Å²) in [5, 5.41) is 3.14. The molecule has 8 nitrogen and oxygen atoms in total. The highest BCUT2D eigenvalue weighted by Crippen LogP contribution is 2.44. The zero-order valence-electron chi connectivity index (χ0n) is 16.6. The lowest BCUT2D eigenvalue weighted by atomic mass is 9.95. The molecule has 1 amide bonds. The molecule has 3 fully saturated rings. The van der Waals surface area contributed by atoms with Crippen LogP contribution in [-0.4, -0.2) is 81.7 Å². The van der Waals surface area contributed by atoms with Gasteiger partial charge in [0.1, 0.15) is 6.54 Å². The first-order valence-corrected chi connectivity index (χ1v) is 11.6. The molecule has 27 heavy (non-hydrogen) atoms. The molecule has 3 rings (SSSR count). The number of aliphatic imine (C=N–C) groups is 1. The Kier molecular flexibility index (Phi) is 6.30. The second-order valence-corrected chi connectivity index (χ2v) is 10.3. The van der Waals surface area contributed by atoms with E-state index >= 15 is 0 Å². The first-order chi connectivity index (χ1) is 12.8. The molecular formula is C18H33N5O3S. The molecule has 4 unspecified atom stereocenters. The van der Waals surface area contributed by atoms with Crippen LogP contribution in [-0.2, 0) is 14.8 Å². The molecule has 0 aromatic carbocycles. The van der Waals surface area contributed by atoms with Gasteiger partial charge in [-0.1, -0.05) is 13.3 Å². The molecule has 2 aliphatic carbocycles. The van der Waals surface area contributed by atoms with Gasteiger partial charge in [0.2, 0.25) is 15.9 Å². The molecule has 1 heterocycles. The van der Waals surface area contributed by atoms with Gasteiger partial charge in [0, 0.05) is 39.8 Å². The highest BCUT2D eigenvalue weighted by Gasteiger charge is 2.41. The van der Waals surface area contributed by atoms with Gasteiger partial charge in [0.25, 0.3) is 0 Å². The number of hydrogen-bond acceptors (Lipinski definition) is 4. The number of guanidine groups is 1. The average Bonchev–Trinajstić information content (AvgIpc) is 3.34. The topological polar surface area (TPSA) is 94.1 Å². The Morgan fingerprint density at radius 1 is 1.22 bits per heavy atom. The van der Waals surface area contributed by atoms with Crippen LogP contribution in [0.1, 0.15) is 39.0 Å². The van der Waals surface area contributed by atoms with Gasteiger partial charge in [-0.15, -0.1) is 0 Å². The summed E-state index contributed by atoms with van der Waals surface area (Å²) < 4.78 is 27.3. The fourth-order valence-electron chi connectivity index (χ4n) is 4.60. The van der Waals surface area contributed by atoms with Crippen LogP contribution in [0.15, 0.2) is 4.99 Å². The van der Waals surface area contributed by atoms with Crippen molar-refractivity contribution in [3.8, 4) is 0 Å². The average molecular weight is 400 g/mol. The third-order valence-corrected chi connectivity index (χ3v) is 8.10. The lowest BCUT2D eigenvalue weighted by molar-refractivity contribution is -0.127. The third kappa shape index (κ3) is 4.74. The predicted octanol–water partition coefficient (Wildman–Crippen LogP) is 0.222. The van der Waals surface area contributed by atoms with Crippen molar-refractivity contribution in [2.24, 2.45) is 16.8 Å². The molecular weight excluding hydrogens is 366 g/mol. The zero-order valence-corrected chi connectivity index (χ0v) is 17.5. The maximum atomic E-state index is 12.3. The van der Waals surface area contributed by atoms with E-state index in [-0.39, 0.29) is 12.5 Å². The van der Waals surface area contributed by atoms with Crippen molar-refractivity contribution in [1.29, 1.82) is 0 Å². The number of nitrogens with zero attached hydrogens (tertiary/aromatic N) is 3. The Labute approximate surface area is 162 Å². The van der Waals surface area contributed by atoms with E-state index in [9.17, 15) is 13.2 Å². The van der Waals surface area contributed by atoms with Crippen LogP contribution in [0.2, 0.25) is 0 Å². The lowest BCUT2D eigenvalue weighted by Gasteiger charge is -2.29. The van der Waals surface area contributed by atoms with Gasteiger partial charge in [0.05, 0.1) is 5.25 Å². The molecule has 0 aromatic heterocycles. The predicted molar refractivity (Wildman–Crippen MR) is 106 cm³/mol. The van der Waals surface area contributed by atoms with Crippen LogP contribution in [0.4, 0.5) is 0 Å². The van der Waals surface area contributed by atoms with Crippen LogP contribution in [0.5, 0.6) is 0 Å². The van der Waals surface area contributed by atoms with Crippen molar-refractivity contribution in [2.45, 2.75) is 50.3 Å².